The Morgan fingerprint density at radius 3 is 2.62 bits per heavy atom. The maximum Gasteiger partial charge on any atom is 0.266 e. The van der Waals surface area contributed by atoms with Gasteiger partial charge in [-0.25, -0.2) is 8.78 Å². The Morgan fingerprint density at radius 2 is 1.97 bits per heavy atom. The Bertz CT molecular complexity index is 876. The van der Waals surface area contributed by atoms with E-state index >= 15 is 0 Å². The molecule has 2 aromatic rings. The van der Waals surface area contributed by atoms with Crippen LogP contribution in [0.1, 0.15) is 22.5 Å². The molecule has 1 saturated heterocycles. The lowest BCUT2D eigenvalue weighted by atomic mass is 10.1. The lowest BCUT2D eigenvalue weighted by Gasteiger charge is -2.32. The molecule has 1 fully saturated rings. The van der Waals surface area contributed by atoms with Crippen LogP contribution in [-0.4, -0.2) is 48.6 Å². The molecular formula is C19H20ClF2N3O3S. The van der Waals surface area contributed by atoms with E-state index in [1.807, 2.05) is 0 Å². The number of rotatable bonds is 7. The van der Waals surface area contributed by atoms with Crippen molar-refractivity contribution in [1.82, 2.24) is 5.32 Å². The van der Waals surface area contributed by atoms with Crippen molar-refractivity contribution in [3.63, 3.8) is 0 Å². The summed E-state index contributed by atoms with van der Waals surface area (Å²) >= 11 is 6.94. The Hall–Kier alpha value is -2.23. The number of thiophene rings is 1. The van der Waals surface area contributed by atoms with Gasteiger partial charge in [0.15, 0.2) is 0 Å². The summed E-state index contributed by atoms with van der Waals surface area (Å²) in [5, 5.41) is 15.6. The predicted molar refractivity (Wildman–Crippen MR) is 109 cm³/mol. The van der Waals surface area contributed by atoms with Crippen LogP contribution in [0.25, 0.3) is 0 Å². The number of nitrogens with zero attached hydrogens (tertiary/aromatic N) is 1. The average molecular weight is 444 g/mol. The molecule has 1 aliphatic rings. The highest BCUT2D eigenvalue weighted by Gasteiger charge is 2.39. The van der Waals surface area contributed by atoms with Crippen molar-refractivity contribution >= 4 is 46.1 Å². The van der Waals surface area contributed by atoms with Crippen molar-refractivity contribution in [3.05, 3.63) is 45.6 Å². The monoisotopic (exact) mass is 443 g/mol. The third-order valence-electron chi connectivity index (χ3n) is 4.41. The van der Waals surface area contributed by atoms with Gasteiger partial charge in [0.25, 0.3) is 11.8 Å². The molecule has 0 spiro atoms. The number of carbonyl (C=O) groups is 2. The highest BCUT2D eigenvalue weighted by molar-refractivity contribution is 7.17. The van der Waals surface area contributed by atoms with Crippen LogP contribution in [0.3, 0.4) is 0 Å². The first-order chi connectivity index (χ1) is 13.7. The first-order valence-electron chi connectivity index (χ1n) is 8.97. The van der Waals surface area contributed by atoms with Crippen molar-refractivity contribution in [2.45, 2.75) is 24.9 Å². The molecule has 2 heterocycles. The molecule has 156 valence electrons. The summed E-state index contributed by atoms with van der Waals surface area (Å²) in [6.45, 7) is -0.394. The van der Waals surface area contributed by atoms with Crippen molar-refractivity contribution in [3.8, 4) is 0 Å². The van der Waals surface area contributed by atoms with Crippen LogP contribution in [0.5, 0.6) is 0 Å². The predicted octanol–water partition coefficient (Wildman–Crippen LogP) is 3.37. The quantitative estimate of drug-likeness (QED) is 0.613. The number of hydrogen-bond donors (Lipinski definition) is 3. The Labute approximate surface area is 175 Å². The lowest BCUT2D eigenvalue weighted by molar-refractivity contribution is -0.125. The summed E-state index contributed by atoms with van der Waals surface area (Å²) in [5.41, 5.74) is 1.06. The average Bonchev–Trinajstić information content (AvgIpc) is 3.13. The summed E-state index contributed by atoms with van der Waals surface area (Å²) in [5.74, 6) is -3.52. The fourth-order valence-electron chi connectivity index (χ4n) is 2.86. The minimum atomic E-state index is -2.88. The van der Waals surface area contributed by atoms with E-state index < -0.39 is 25.0 Å². The molecule has 2 amide bonds. The van der Waals surface area contributed by atoms with Crippen LogP contribution in [0, 0.1) is 0 Å². The second kappa shape index (κ2) is 9.06. The van der Waals surface area contributed by atoms with Gasteiger partial charge >= 0.3 is 0 Å². The molecule has 0 bridgehead atoms. The molecule has 1 aromatic carbocycles. The van der Waals surface area contributed by atoms with Gasteiger partial charge in [-0.1, -0.05) is 11.6 Å². The van der Waals surface area contributed by atoms with Crippen molar-refractivity contribution < 1.29 is 23.5 Å². The third-order valence-corrected chi connectivity index (χ3v) is 5.64. The Morgan fingerprint density at radius 1 is 1.24 bits per heavy atom. The van der Waals surface area contributed by atoms with E-state index in [4.69, 9.17) is 11.6 Å². The fraction of sp³-hybridized carbons (Fsp3) is 0.368. The molecule has 0 aliphatic carbocycles. The zero-order valence-corrected chi connectivity index (χ0v) is 16.9. The van der Waals surface area contributed by atoms with Crippen LogP contribution in [-0.2, 0) is 4.79 Å². The number of benzene rings is 1. The molecule has 0 radical (unpaired) electrons. The number of amides is 2. The number of halogens is 3. The minimum absolute atomic E-state index is 0.0524. The third kappa shape index (κ3) is 5.88. The van der Waals surface area contributed by atoms with Crippen LogP contribution in [0.2, 0.25) is 4.34 Å². The number of aliphatic hydroxyl groups is 1. The van der Waals surface area contributed by atoms with Gasteiger partial charge in [0.05, 0.1) is 21.9 Å². The Balaban J connectivity index is 1.47. The maximum atomic E-state index is 13.6. The van der Waals surface area contributed by atoms with Gasteiger partial charge in [0.2, 0.25) is 5.91 Å². The highest BCUT2D eigenvalue weighted by atomic mass is 35.5. The van der Waals surface area contributed by atoms with E-state index in [9.17, 15) is 23.5 Å². The summed E-state index contributed by atoms with van der Waals surface area (Å²) < 4.78 is 27.7. The molecule has 10 heteroatoms. The number of hydrogen-bond acceptors (Lipinski definition) is 5. The molecule has 3 N–H and O–H groups in total. The van der Waals surface area contributed by atoms with Gasteiger partial charge in [0, 0.05) is 37.3 Å². The standard InChI is InChI=1S/C19H20ClF2N3O3S/c20-16-6-5-15(29-16)18(28)24-10-14(26)9-23-12-1-3-13(4-2-12)25-11-19(21,22)8-7-17(25)27/h1-6,14,23,26H,7-11H2,(H,24,28)/t14-/m1/s1. The zero-order chi connectivity index (χ0) is 21.0. The highest BCUT2D eigenvalue weighted by Crippen LogP contribution is 2.31. The first kappa shape index (κ1) is 21.5. The summed E-state index contributed by atoms with van der Waals surface area (Å²) in [4.78, 5) is 25.4. The van der Waals surface area contributed by atoms with E-state index in [0.29, 0.717) is 20.6 Å². The molecule has 0 saturated carbocycles. The van der Waals surface area contributed by atoms with Gasteiger partial charge in [-0.2, -0.15) is 0 Å². The topological polar surface area (TPSA) is 81.7 Å². The van der Waals surface area contributed by atoms with Crippen molar-refractivity contribution in [1.29, 1.82) is 0 Å². The van der Waals surface area contributed by atoms with Crippen LogP contribution < -0.4 is 15.5 Å². The number of carbonyl (C=O) groups excluding carboxylic acids is 2. The number of anilines is 2. The first-order valence-corrected chi connectivity index (χ1v) is 10.2. The minimum Gasteiger partial charge on any atom is -0.389 e. The second-order valence-electron chi connectivity index (χ2n) is 6.73. The van der Waals surface area contributed by atoms with E-state index in [0.717, 1.165) is 16.2 Å². The second-order valence-corrected chi connectivity index (χ2v) is 8.45. The number of alkyl halides is 2. The lowest BCUT2D eigenvalue weighted by Crippen LogP contribution is -2.46. The fourth-order valence-corrected chi connectivity index (χ4v) is 3.82. The molecule has 6 nitrogen and oxygen atoms in total. The molecule has 1 atom stereocenters. The van der Waals surface area contributed by atoms with Gasteiger partial charge in [-0.05, 0) is 36.4 Å². The van der Waals surface area contributed by atoms with E-state index in [2.05, 4.69) is 10.6 Å². The smallest absolute Gasteiger partial charge is 0.266 e. The molecule has 3 rings (SSSR count). The Kier molecular flexibility index (Phi) is 6.71. The van der Waals surface area contributed by atoms with Crippen LogP contribution in [0.15, 0.2) is 36.4 Å². The van der Waals surface area contributed by atoms with Gasteiger partial charge in [-0.15, -0.1) is 11.3 Å². The summed E-state index contributed by atoms with van der Waals surface area (Å²) in [6, 6.07) is 9.69. The van der Waals surface area contributed by atoms with Gasteiger partial charge < -0.3 is 20.6 Å². The maximum absolute atomic E-state index is 13.6. The largest absolute Gasteiger partial charge is 0.389 e. The number of piperidine rings is 1. The van der Waals surface area contributed by atoms with Gasteiger partial charge in [-0.3, -0.25) is 9.59 Å². The SMILES string of the molecule is O=C(NC[C@H](O)CNc1ccc(N2CC(F)(F)CCC2=O)cc1)c1ccc(Cl)s1. The zero-order valence-electron chi connectivity index (χ0n) is 15.3. The van der Waals surface area contributed by atoms with E-state index in [1.54, 1.807) is 36.4 Å². The molecule has 1 aliphatic heterocycles. The van der Waals surface area contributed by atoms with Crippen molar-refractivity contribution in [2.24, 2.45) is 0 Å². The summed E-state index contributed by atoms with van der Waals surface area (Å²) in [7, 11) is 0. The molecule has 1 aromatic heterocycles. The van der Waals surface area contributed by atoms with Crippen molar-refractivity contribution in [2.75, 3.05) is 29.9 Å². The normalized spacial score (nSPS) is 17.1. The van der Waals surface area contributed by atoms with E-state index in [1.165, 1.54) is 0 Å². The molecule has 0 unspecified atom stereocenters. The summed E-state index contributed by atoms with van der Waals surface area (Å²) in [6.07, 6.45) is -1.44. The number of aliphatic hydroxyl groups excluding tert-OH is 1. The van der Waals surface area contributed by atoms with Crippen LogP contribution >= 0.6 is 22.9 Å². The molecular weight excluding hydrogens is 424 g/mol. The van der Waals surface area contributed by atoms with Crippen LogP contribution in [0.4, 0.5) is 20.2 Å². The van der Waals surface area contributed by atoms with Gasteiger partial charge in [0.1, 0.15) is 0 Å². The molecule has 29 heavy (non-hydrogen) atoms. The van der Waals surface area contributed by atoms with E-state index in [-0.39, 0.29) is 31.3 Å². The number of nitrogens with one attached hydrogen (secondary N) is 2.